The molecule has 0 atom stereocenters. The van der Waals surface area contributed by atoms with Crippen LogP contribution in [0.15, 0.2) is 59.4 Å². The first-order valence-electron chi connectivity index (χ1n) is 9.26. The number of fused-ring (bicyclic) bond motifs is 1. The Morgan fingerprint density at radius 2 is 1.67 bits per heavy atom. The second-order valence-electron chi connectivity index (χ2n) is 6.97. The van der Waals surface area contributed by atoms with E-state index in [1.54, 1.807) is 0 Å². The predicted molar refractivity (Wildman–Crippen MR) is 110 cm³/mol. The average Bonchev–Trinajstić information content (AvgIpc) is 2.97. The van der Waals surface area contributed by atoms with Gasteiger partial charge < -0.3 is 9.55 Å². The van der Waals surface area contributed by atoms with E-state index in [9.17, 15) is 4.79 Å². The number of aromatic nitrogens is 3. The summed E-state index contributed by atoms with van der Waals surface area (Å²) in [6, 6.07) is 18.2. The van der Waals surface area contributed by atoms with Crippen LogP contribution in [-0.4, -0.2) is 14.5 Å². The molecule has 4 heteroatoms. The van der Waals surface area contributed by atoms with Crippen molar-refractivity contribution in [2.75, 3.05) is 0 Å². The molecule has 136 valence electrons. The van der Waals surface area contributed by atoms with Gasteiger partial charge in [-0.25, -0.2) is 0 Å². The Kier molecular flexibility index (Phi) is 4.40. The van der Waals surface area contributed by atoms with Gasteiger partial charge in [-0.3, -0.25) is 4.79 Å². The van der Waals surface area contributed by atoms with Crippen molar-refractivity contribution in [3.63, 3.8) is 0 Å². The summed E-state index contributed by atoms with van der Waals surface area (Å²) in [5.74, 6) is 0.759. The summed E-state index contributed by atoms with van der Waals surface area (Å²) in [6.45, 7) is 6.83. The fraction of sp³-hybridized carbons (Fsp3) is 0.217. The molecular weight excluding hydrogens is 334 g/mol. The van der Waals surface area contributed by atoms with Gasteiger partial charge in [0.1, 0.15) is 5.82 Å². The number of hydrogen-bond donors (Lipinski definition) is 1. The molecule has 2 heterocycles. The molecule has 0 unspecified atom stereocenters. The van der Waals surface area contributed by atoms with Crippen molar-refractivity contribution in [3.8, 4) is 11.1 Å². The Morgan fingerprint density at radius 3 is 2.44 bits per heavy atom. The number of benzene rings is 2. The van der Waals surface area contributed by atoms with E-state index in [0.29, 0.717) is 5.56 Å². The highest BCUT2D eigenvalue weighted by atomic mass is 16.1. The second-order valence-corrected chi connectivity index (χ2v) is 6.97. The van der Waals surface area contributed by atoms with E-state index in [2.05, 4.69) is 39.7 Å². The smallest absolute Gasteiger partial charge is 0.281 e. The minimum Gasteiger partial charge on any atom is -0.358 e. The Hall–Kier alpha value is -3.14. The van der Waals surface area contributed by atoms with Gasteiger partial charge >= 0.3 is 0 Å². The first kappa shape index (κ1) is 17.3. The van der Waals surface area contributed by atoms with Crippen LogP contribution in [0.4, 0.5) is 0 Å². The van der Waals surface area contributed by atoms with E-state index in [-0.39, 0.29) is 5.56 Å². The minimum atomic E-state index is -0.157. The third-order valence-corrected chi connectivity index (χ3v) is 5.31. The summed E-state index contributed by atoms with van der Waals surface area (Å²) in [6.07, 6.45) is 0.885. The Balaban J connectivity index is 1.74. The number of aryl methyl sites for hydroxylation is 3. The van der Waals surface area contributed by atoms with Crippen molar-refractivity contribution in [1.29, 1.82) is 0 Å². The third kappa shape index (κ3) is 3.08. The number of para-hydroxylation sites is 1. The molecule has 0 fully saturated rings. The van der Waals surface area contributed by atoms with Gasteiger partial charge in [-0.2, -0.15) is 4.98 Å². The first-order valence-corrected chi connectivity index (χ1v) is 9.26. The molecule has 0 aliphatic carbocycles. The number of H-pyrrole nitrogens is 1. The highest BCUT2D eigenvalue weighted by Crippen LogP contribution is 2.24. The van der Waals surface area contributed by atoms with Crippen molar-refractivity contribution in [2.45, 2.75) is 33.7 Å². The molecule has 1 N–H and O–H groups in total. The van der Waals surface area contributed by atoms with Gasteiger partial charge in [0.05, 0.1) is 5.56 Å². The van der Waals surface area contributed by atoms with Gasteiger partial charge in [0, 0.05) is 28.8 Å². The Labute approximate surface area is 158 Å². The van der Waals surface area contributed by atoms with E-state index in [1.165, 1.54) is 22.2 Å². The molecule has 0 saturated carbocycles. The van der Waals surface area contributed by atoms with Crippen LogP contribution in [0.3, 0.4) is 0 Å². The van der Waals surface area contributed by atoms with Gasteiger partial charge in [0.25, 0.3) is 5.56 Å². The highest BCUT2D eigenvalue weighted by molar-refractivity contribution is 5.84. The zero-order valence-electron chi connectivity index (χ0n) is 15.9. The molecule has 27 heavy (non-hydrogen) atoms. The minimum absolute atomic E-state index is 0.157. The fourth-order valence-electron chi connectivity index (χ4n) is 3.94. The van der Waals surface area contributed by atoms with Crippen LogP contribution in [0, 0.1) is 20.8 Å². The van der Waals surface area contributed by atoms with E-state index < -0.39 is 0 Å². The molecule has 0 saturated heterocycles. The van der Waals surface area contributed by atoms with Crippen molar-refractivity contribution >= 4 is 10.9 Å². The number of aromatic amines is 1. The highest BCUT2D eigenvalue weighted by Gasteiger charge is 2.15. The van der Waals surface area contributed by atoms with Crippen LogP contribution in [0.2, 0.25) is 0 Å². The van der Waals surface area contributed by atoms with Gasteiger partial charge in [-0.05, 0) is 44.4 Å². The van der Waals surface area contributed by atoms with Crippen molar-refractivity contribution in [3.05, 3.63) is 87.7 Å². The lowest BCUT2D eigenvalue weighted by Gasteiger charge is -2.17. The van der Waals surface area contributed by atoms with Crippen molar-refractivity contribution in [2.24, 2.45) is 0 Å². The first-order chi connectivity index (χ1) is 13.1. The number of hydrogen-bond acceptors (Lipinski definition) is 2. The SMILES string of the molecule is Cc1[nH]c2ccccc2c1CCn1c(C)nc(=O)c(-c2ccccc2)c1C. The van der Waals surface area contributed by atoms with E-state index in [4.69, 9.17) is 0 Å². The van der Waals surface area contributed by atoms with Gasteiger partial charge in [0.15, 0.2) is 0 Å². The zero-order chi connectivity index (χ0) is 19.0. The standard InChI is InChI=1S/C23H23N3O/c1-15-19(20-11-7-8-12-21(20)24-15)13-14-26-16(2)22(23(27)25-17(26)3)18-9-5-4-6-10-18/h4-12,24H,13-14H2,1-3H3. The summed E-state index contributed by atoms with van der Waals surface area (Å²) in [5.41, 5.74) is 6.11. The van der Waals surface area contributed by atoms with Gasteiger partial charge in [0.2, 0.25) is 0 Å². The lowest BCUT2D eigenvalue weighted by molar-refractivity contribution is 0.630. The van der Waals surface area contributed by atoms with Crippen LogP contribution < -0.4 is 5.56 Å². The lowest BCUT2D eigenvalue weighted by atomic mass is 10.0. The molecule has 4 nitrogen and oxygen atoms in total. The van der Waals surface area contributed by atoms with Crippen LogP contribution in [0.25, 0.3) is 22.0 Å². The van der Waals surface area contributed by atoms with Crippen LogP contribution in [0.1, 0.15) is 22.8 Å². The molecule has 0 radical (unpaired) electrons. The lowest BCUT2D eigenvalue weighted by Crippen LogP contribution is -2.22. The van der Waals surface area contributed by atoms with Gasteiger partial charge in [-0.15, -0.1) is 0 Å². The fourth-order valence-corrected chi connectivity index (χ4v) is 3.94. The normalized spacial score (nSPS) is 11.2. The summed E-state index contributed by atoms with van der Waals surface area (Å²) < 4.78 is 2.16. The molecule has 0 aliphatic rings. The van der Waals surface area contributed by atoms with E-state index in [0.717, 1.165) is 30.0 Å². The molecule has 0 spiro atoms. The Bertz CT molecular complexity index is 1170. The van der Waals surface area contributed by atoms with Gasteiger partial charge in [-0.1, -0.05) is 48.5 Å². The topological polar surface area (TPSA) is 50.7 Å². The van der Waals surface area contributed by atoms with Crippen LogP contribution in [-0.2, 0) is 13.0 Å². The maximum atomic E-state index is 12.5. The molecule has 0 bridgehead atoms. The molecule has 4 rings (SSSR count). The number of rotatable bonds is 4. The predicted octanol–water partition coefficient (Wildman–Crippen LogP) is 4.56. The summed E-state index contributed by atoms with van der Waals surface area (Å²) >= 11 is 0. The van der Waals surface area contributed by atoms with E-state index >= 15 is 0 Å². The largest absolute Gasteiger partial charge is 0.358 e. The average molecular weight is 357 g/mol. The van der Waals surface area contributed by atoms with Crippen molar-refractivity contribution < 1.29 is 0 Å². The molecule has 0 amide bonds. The molecular formula is C23H23N3O. The summed E-state index contributed by atoms with van der Waals surface area (Å²) in [7, 11) is 0. The van der Waals surface area contributed by atoms with Crippen LogP contribution in [0.5, 0.6) is 0 Å². The summed E-state index contributed by atoms with van der Waals surface area (Å²) in [5, 5.41) is 1.27. The van der Waals surface area contributed by atoms with Crippen molar-refractivity contribution in [1.82, 2.24) is 14.5 Å². The number of nitrogens with one attached hydrogen (secondary N) is 1. The van der Waals surface area contributed by atoms with Crippen LogP contribution >= 0.6 is 0 Å². The maximum absolute atomic E-state index is 12.5. The molecule has 2 aromatic carbocycles. The zero-order valence-corrected chi connectivity index (χ0v) is 15.9. The quantitative estimate of drug-likeness (QED) is 0.582. The molecule has 4 aromatic rings. The molecule has 0 aliphatic heterocycles. The monoisotopic (exact) mass is 357 g/mol. The maximum Gasteiger partial charge on any atom is 0.281 e. The van der Waals surface area contributed by atoms with E-state index in [1.807, 2.05) is 50.2 Å². The summed E-state index contributed by atoms with van der Waals surface area (Å²) in [4.78, 5) is 20.3. The third-order valence-electron chi connectivity index (χ3n) is 5.31. The Morgan fingerprint density at radius 1 is 0.963 bits per heavy atom. The second kappa shape index (κ2) is 6.88. The number of nitrogens with zero attached hydrogens (tertiary/aromatic N) is 2. The molecule has 2 aromatic heterocycles.